The van der Waals surface area contributed by atoms with Crippen LogP contribution in [-0.4, -0.2) is 41.9 Å². The van der Waals surface area contributed by atoms with Gasteiger partial charge in [0.15, 0.2) is 0 Å². The van der Waals surface area contributed by atoms with Gasteiger partial charge in [-0.25, -0.2) is 0 Å². The number of benzene rings is 2. The molecule has 0 aliphatic heterocycles. The van der Waals surface area contributed by atoms with Crippen molar-refractivity contribution in [2.45, 2.75) is 33.2 Å². The lowest BCUT2D eigenvalue weighted by Gasteiger charge is -2.24. The summed E-state index contributed by atoms with van der Waals surface area (Å²) in [6.45, 7) is 8.77. The number of rotatable bonds is 6. The van der Waals surface area contributed by atoms with Crippen molar-refractivity contribution in [1.82, 2.24) is 10.2 Å². The van der Waals surface area contributed by atoms with Gasteiger partial charge in [-0.15, -0.1) is 0 Å². The van der Waals surface area contributed by atoms with Crippen molar-refractivity contribution in [2.75, 3.05) is 25.0 Å². The Morgan fingerprint density at radius 1 is 0.960 bits per heavy atom. The van der Waals surface area contributed by atoms with E-state index in [1.807, 2.05) is 75.1 Å². The lowest BCUT2D eigenvalue weighted by Crippen LogP contribution is -2.47. The van der Waals surface area contributed by atoms with Gasteiger partial charge in [-0.05, 0) is 38.8 Å². The molecule has 2 aromatic rings. The van der Waals surface area contributed by atoms with E-state index in [-0.39, 0.29) is 30.4 Å². The largest absolute Gasteiger partial charge is 0.350 e. The summed E-state index contributed by atoms with van der Waals surface area (Å²) < 4.78 is 0. The fourth-order valence-corrected chi connectivity index (χ4v) is 2.67. The summed E-state index contributed by atoms with van der Waals surface area (Å²) in [7, 11) is 0. The van der Waals surface area contributed by atoms with Crippen molar-refractivity contribution in [3.63, 3.8) is 0 Å². The number of hydrogen-bond acceptors (Lipinski definition) is 3. The van der Waals surface area contributed by atoms with E-state index in [1.54, 1.807) is 0 Å². The predicted octanol–water partition coefficient (Wildman–Crippen LogP) is 3.01. The molecule has 25 heavy (non-hydrogen) atoms. The van der Waals surface area contributed by atoms with E-state index in [2.05, 4.69) is 10.6 Å². The van der Waals surface area contributed by atoms with Crippen molar-refractivity contribution in [3.8, 4) is 0 Å². The van der Waals surface area contributed by atoms with Crippen LogP contribution in [0.4, 0.5) is 5.69 Å². The van der Waals surface area contributed by atoms with Gasteiger partial charge in [-0.2, -0.15) is 0 Å². The molecule has 0 aromatic heterocycles. The molecule has 0 aliphatic carbocycles. The molecule has 0 bridgehead atoms. The molecule has 2 amide bonds. The van der Waals surface area contributed by atoms with E-state index >= 15 is 0 Å². The van der Waals surface area contributed by atoms with Crippen LogP contribution in [0, 0.1) is 0 Å². The fourth-order valence-electron chi connectivity index (χ4n) is 2.67. The highest BCUT2D eigenvalue weighted by Gasteiger charge is 2.18. The van der Waals surface area contributed by atoms with Gasteiger partial charge in [0.05, 0.1) is 13.1 Å². The second-order valence-corrected chi connectivity index (χ2v) is 7.18. The third-order valence-corrected chi connectivity index (χ3v) is 3.76. The van der Waals surface area contributed by atoms with Gasteiger partial charge in [-0.1, -0.05) is 43.3 Å². The Balaban J connectivity index is 1.99. The van der Waals surface area contributed by atoms with Gasteiger partial charge in [0.1, 0.15) is 0 Å². The van der Waals surface area contributed by atoms with Crippen LogP contribution in [0.2, 0.25) is 0 Å². The van der Waals surface area contributed by atoms with Crippen molar-refractivity contribution in [1.29, 1.82) is 0 Å². The highest BCUT2D eigenvalue weighted by Crippen LogP contribution is 2.22. The molecule has 0 aliphatic rings. The van der Waals surface area contributed by atoms with Crippen molar-refractivity contribution < 1.29 is 9.59 Å². The Bertz CT molecular complexity index is 745. The molecule has 2 aromatic carbocycles. The van der Waals surface area contributed by atoms with E-state index in [9.17, 15) is 9.59 Å². The summed E-state index contributed by atoms with van der Waals surface area (Å²) in [6, 6.07) is 13.8. The molecule has 0 fully saturated rings. The standard InChI is InChI=1S/C20H27N3O2/c1-5-23(14-19(25)22-20(2,3)4)13-18(24)21-17-12-8-10-15-9-6-7-11-16(15)17/h6-12H,5,13-14H2,1-4H3,(H,21,24)(H,22,25). The van der Waals surface area contributed by atoms with E-state index < -0.39 is 0 Å². The maximum atomic E-state index is 12.4. The summed E-state index contributed by atoms with van der Waals surface area (Å²) in [5.41, 5.74) is 0.514. The number of nitrogens with one attached hydrogen (secondary N) is 2. The zero-order valence-electron chi connectivity index (χ0n) is 15.4. The molecule has 5 nitrogen and oxygen atoms in total. The summed E-state index contributed by atoms with van der Waals surface area (Å²) in [4.78, 5) is 26.3. The number of likely N-dealkylation sites (N-methyl/N-ethyl adjacent to an activating group) is 1. The lowest BCUT2D eigenvalue weighted by atomic mass is 10.1. The van der Waals surface area contributed by atoms with Gasteiger partial charge in [0.2, 0.25) is 11.8 Å². The average molecular weight is 341 g/mol. The molecule has 0 saturated heterocycles. The first kappa shape index (κ1) is 18.9. The molecular weight excluding hydrogens is 314 g/mol. The molecule has 134 valence electrons. The Labute approximate surface area is 149 Å². The molecule has 0 atom stereocenters. The number of carbonyl (C=O) groups is 2. The van der Waals surface area contributed by atoms with Crippen molar-refractivity contribution >= 4 is 28.3 Å². The van der Waals surface area contributed by atoms with Gasteiger partial charge >= 0.3 is 0 Å². The van der Waals surface area contributed by atoms with E-state index in [0.717, 1.165) is 16.5 Å². The van der Waals surface area contributed by atoms with Crippen LogP contribution in [-0.2, 0) is 9.59 Å². The van der Waals surface area contributed by atoms with E-state index in [1.165, 1.54) is 0 Å². The first-order valence-electron chi connectivity index (χ1n) is 8.59. The Hall–Kier alpha value is -2.40. The Morgan fingerprint density at radius 2 is 1.60 bits per heavy atom. The average Bonchev–Trinajstić information content (AvgIpc) is 2.52. The third-order valence-electron chi connectivity index (χ3n) is 3.76. The van der Waals surface area contributed by atoms with Crippen LogP contribution in [0.15, 0.2) is 42.5 Å². The fraction of sp³-hybridized carbons (Fsp3) is 0.400. The van der Waals surface area contributed by atoms with E-state index in [4.69, 9.17) is 0 Å². The number of nitrogens with zero attached hydrogens (tertiary/aromatic N) is 1. The molecule has 2 rings (SSSR count). The van der Waals surface area contributed by atoms with Crippen LogP contribution in [0.25, 0.3) is 10.8 Å². The predicted molar refractivity (Wildman–Crippen MR) is 103 cm³/mol. The number of hydrogen-bond donors (Lipinski definition) is 2. The normalized spacial score (nSPS) is 11.6. The maximum Gasteiger partial charge on any atom is 0.238 e. The zero-order valence-corrected chi connectivity index (χ0v) is 15.4. The molecule has 5 heteroatoms. The van der Waals surface area contributed by atoms with E-state index in [0.29, 0.717) is 6.54 Å². The number of carbonyl (C=O) groups excluding carboxylic acids is 2. The first-order chi connectivity index (χ1) is 11.8. The second-order valence-electron chi connectivity index (χ2n) is 7.18. The number of amides is 2. The Kier molecular flexibility index (Phi) is 6.15. The molecule has 0 unspecified atom stereocenters. The quantitative estimate of drug-likeness (QED) is 0.849. The smallest absolute Gasteiger partial charge is 0.238 e. The SMILES string of the molecule is CCN(CC(=O)Nc1cccc2ccccc12)CC(=O)NC(C)(C)C. The van der Waals surface area contributed by atoms with Gasteiger partial charge in [-0.3, -0.25) is 14.5 Å². The molecule has 0 spiro atoms. The monoisotopic (exact) mass is 341 g/mol. The minimum Gasteiger partial charge on any atom is -0.350 e. The third kappa shape index (κ3) is 5.87. The molecular formula is C20H27N3O2. The van der Waals surface area contributed by atoms with Crippen LogP contribution in [0.3, 0.4) is 0 Å². The topological polar surface area (TPSA) is 61.4 Å². The molecule has 2 N–H and O–H groups in total. The summed E-state index contributed by atoms with van der Waals surface area (Å²) in [5, 5.41) is 7.96. The molecule has 0 heterocycles. The van der Waals surface area contributed by atoms with Crippen LogP contribution < -0.4 is 10.6 Å². The van der Waals surface area contributed by atoms with Gasteiger partial charge in [0.25, 0.3) is 0 Å². The number of fused-ring (bicyclic) bond motifs is 1. The molecule has 0 radical (unpaired) electrons. The highest BCUT2D eigenvalue weighted by atomic mass is 16.2. The van der Waals surface area contributed by atoms with Crippen LogP contribution in [0.5, 0.6) is 0 Å². The summed E-state index contributed by atoms with van der Waals surface area (Å²) >= 11 is 0. The van der Waals surface area contributed by atoms with Gasteiger partial charge < -0.3 is 10.6 Å². The summed E-state index contributed by atoms with van der Waals surface area (Å²) in [5.74, 6) is -0.200. The minimum absolute atomic E-state index is 0.0766. The highest BCUT2D eigenvalue weighted by molar-refractivity contribution is 6.02. The Morgan fingerprint density at radius 3 is 2.28 bits per heavy atom. The van der Waals surface area contributed by atoms with Crippen LogP contribution in [0.1, 0.15) is 27.7 Å². The zero-order chi connectivity index (χ0) is 18.4. The van der Waals surface area contributed by atoms with Gasteiger partial charge in [0, 0.05) is 16.6 Å². The first-order valence-corrected chi connectivity index (χ1v) is 8.59. The van der Waals surface area contributed by atoms with Crippen molar-refractivity contribution in [2.24, 2.45) is 0 Å². The maximum absolute atomic E-state index is 12.4. The summed E-state index contributed by atoms with van der Waals surface area (Å²) in [6.07, 6.45) is 0. The lowest BCUT2D eigenvalue weighted by molar-refractivity contribution is -0.124. The number of anilines is 1. The van der Waals surface area contributed by atoms with Crippen LogP contribution >= 0.6 is 0 Å². The minimum atomic E-state index is -0.276. The van der Waals surface area contributed by atoms with Crippen molar-refractivity contribution in [3.05, 3.63) is 42.5 Å². The molecule has 0 saturated carbocycles. The second kappa shape index (κ2) is 8.12.